The van der Waals surface area contributed by atoms with Gasteiger partial charge in [0.2, 0.25) is 4.34 Å². The number of nitrogens with one attached hydrogen (secondary N) is 1. The van der Waals surface area contributed by atoms with Gasteiger partial charge < -0.3 is 5.32 Å². The van der Waals surface area contributed by atoms with Gasteiger partial charge in [0, 0.05) is 19.1 Å². The molecule has 0 aliphatic carbocycles. The first kappa shape index (κ1) is 13.9. The van der Waals surface area contributed by atoms with E-state index in [9.17, 15) is 8.42 Å². The van der Waals surface area contributed by atoms with Crippen molar-refractivity contribution in [2.45, 2.75) is 23.2 Å². The second-order valence-electron chi connectivity index (χ2n) is 4.91. The zero-order valence-corrected chi connectivity index (χ0v) is 12.9. The Morgan fingerprint density at radius 1 is 1.30 bits per heavy atom. The van der Waals surface area contributed by atoms with Crippen LogP contribution in [-0.4, -0.2) is 43.9 Å². The van der Waals surface area contributed by atoms with Gasteiger partial charge in [0.05, 0.1) is 10.2 Å². The van der Waals surface area contributed by atoms with Crippen LogP contribution in [0.1, 0.15) is 12.8 Å². The number of piperidine rings is 1. The predicted molar refractivity (Wildman–Crippen MR) is 80.5 cm³/mol. The number of sulfonamides is 1. The van der Waals surface area contributed by atoms with E-state index < -0.39 is 10.0 Å². The van der Waals surface area contributed by atoms with Crippen molar-refractivity contribution >= 4 is 31.6 Å². The summed E-state index contributed by atoms with van der Waals surface area (Å²) in [5, 5.41) is 3.20. The average Bonchev–Trinajstić information content (AvgIpc) is 2.92. The van der Waals surface area contributed by atoms with E-state index in [-0.39, 0.29) is 4.34 Å². The maximum absolute atomic E-state index is 12.6. The minimum atomic E-state index is -3.44. The van der Waals surface area contributed by atoms with Crippen LogP contribution < -0.4 is 5.32 Å². The van der Waals surface area contributed by atoms with E-state index in [0.29, 0.717) is 19.1 Å². The van der Waals surface area contributed by atoms with Crippen LogP contribution in [0.25, 0.3) is 10.2 Å². The van der Waals surface area contributed by atoms with Crippen molar-refractivity contribution in [1.82, 2.24) is 14.6 Å². The molecule has 1 aromatic heterocycles. The van der Waals surface area contributed by atoms with Gasteiger partial charge >= 0.3 is 0 Å². The van der Waals surface area contributed by atoms with E-state index >= 15 is 0 Å². The Bertz CT molecular complexity index is 670. The number of rotatable bonds is 3. The van der Waals surface area contributed by atoms with E-state index in [1.54, 1.807) is 4.31 Å². The van der Waals surface area contributed by atoms with Gasteiger partial charge in [-0.15, -0.1) is 11.3 Å². The summed E-state index contributed by atoms with van der Waals surface area (Å²) in [6.07, 6.45) is 1.70. The zero-order valence-electron chi connectivity index (χ0n) is 11.2. The van der Waals surface area contributed by atoms with Gasteiger partial charge in [0.25, 0.3) is 10.0 Å². The summed E-state index contributed by atoms with van der Waals surface area (Å²) in [6, 6.07) is 7.93. The van der Waals surface area contributed by atoms with E-state index in [4.69, 9.17) is 0 Å². The van der Waals surface area contributed by atoms with Crippen molar-refractivity contribution in [3.63, 3.8) is 0 Å². The molecular weight excluding hydrogens is 294 g/mol. The topological polar surface area (TPSA) is 62.3 Å². The van der Waals surface area contributed by atoms with Gasteiger partial charge in [-0.3, -0.25) is 0 Å². The standard InChI is InChI=1S/C13H17N3O2S2/c1-14-10-6-8-16(9-7-10)20(17,18)13-15-11-4-2-3-5-12(11)19-13/h2-5,10,14H,6-9H2,1H3. The summed E-state index contributed by atoms with van der Waals surface area (Å²) in [4.78, 5) is 4.27. The van der Waals surface area contributed by atoms with Crippen molar-refractivity contribution in [1.29, 1.82) is 0 Å². The zero-order chi connectivity index (χ0) is 14.2. The highest BCUT2D eigenvalue weighted by atomic mass is 32.2. The Morgan fingerprint density at radius 2 is 2.00 bits per heavy atom. The SMILES string of the molecule is CNC1CCN(S(=O)(=O)c2nc3ccccc3s2)CC1. The summed E-state index contributed by atoms with van der Waals surface area (Å²) in [7, 11) is -1.52. The molecule has 20 heavy (non-hydrogen) atoms. The van der Waals surface area contributed by atoms with Crippen molar-refractivity contribution in [3.05, 3.63) is 24.3 Å². The highest BCUT2D eigenvalue weighted by Gasteiger charge is 2.31. The number of hydrogen-bond acceptors (Lipinski definition) is 5. The van der Waals surface area contributed by atoms with Gasteiger partial charge in [0.15, 0.2) is 0 Å². The molecule has 1 aromatic carbocycles. The van der Waals surface area contributed by atoms with Crippen LogP contribution in [0.4, 0.5) is 0 Å². The molecule has 5 nitrogen and oxygen atoms in total. The molecule has 0 spiro atoms. The van der Waals surface area contributed by atoms with Crippen molar-refractivity contribution < 1.29 is 8.42 Å². The minimum Gasteiger partial charge on any atom is -0.317 e. The van der Waals surface area contributed by atoms with Gasteiger partial charge in [0.1, 0.15) is 0 Å². The fourth-order valence-corrected chi connectivity index (χ4v) is 5.29. The molecule has 1 fully saturated rings. The maximum atomic E-state index is 12.6. The minimum absolute atomic E-state index is 0.210. The first-order valence-electron chi connectivity index (χ1n) is 6.64. The van der Waals surface area contributed by atoms with Crippen molar-refractivity contribution in [2.24, 2.45) is 0 Å². The Labute approximate surface area is 122 Å². The molecule has 7 heteroatoms. The fourth-order valence-electron chi connectivity index (χ4n) is 2.46. The smallest absolute Gasteiger partial charge is 0.270 e. The summed E-state index contributed by atoms with van der Waals surface area (Å²) in [5.74, 6) is 0. The number of benzene rings is 1. The van der Waals surface area contributed by atoms with Gasteiger partial charge in [-0.05, 0) is 32.0 Å². The van der Waals surface area contributed by atoms with Crippen LogP contribution in [-0.2, 0) is 10.0 Å². The molecular formula is C13H17N3O2S2. The molecule has 2 heterocycles. The number of hydrogen-bond donors (Lipinski definition) is 1. The molecule has 0 saturated carbocycles. The molecule has 1 N–H and O–H groups in total. The van der Waals surface area contributed by atoms with E-state index in [1.165, 1.54) is 11.3 Å². The molecule has 3 rings (SSSR count). The second kappa shape index (κ2) is 5.40. The van der Waals surface area contributed by atoms with E-state index in [1.807, 2.05) is 31.3 Å². The number of thiazole rings is 1. The van der Waals surface area contributed by atoms with Crippen LogP contribution in [0.5, 0.6) is 0 Å². The van der Waals surface area contributed by atoms with Crippen LogP contribution in [0, 0.1) is 0 Å². The highest BCUT2D eigenvalue weighted by molar-refractivity contribution is 7.91. The molecule has 1 aliphatic heterocycles. The normalized spacial score (nSPS) is 18.6. The summed E-state index contributed by atoms with van der Waals surface area (Å²) in [5.41, 5.74) is 0.751. The number of para-hydroxylation sites is 1. The van der Waals surface area contributed by atoms with Gasteiger partial charge in [-0.1, -0.05) is 12.1 Å². The second-order valence-corrected chi connectivity index (χ2v) is 8.06. The molecule has 108 valence electrons. The lowest BCUT2D eigenvalue weighted by Gasteiger charge is -2.30. The third kappa shape index (κ3) is 2.46. The third-order valence-corrected chi connectivity index (χ3v) is 6.99. The fraction of sp³-hybridized carbons (Fsp3) is 0.462. The average molecular weight is 311 g/mol. The molecule has 0 radical (unpaired) electrons. The van der Waals surface area contributed by atoms with Crippen molar-refractivity contribution in [2.75, 3.05) is 20.1 Å². The molecule has 1 aliphatic rings. The van der Waals surface area contributed by atoms with Crippen LogP contribution in [0.15, 0.2) is 28.6 Å². The van der Waals surface area contributed by atoms with Crippen LogP contribution >= 0.6 is 11.3 Å². The summed E-state index contributed by atoms with van der Waals surface area (Å²) in [6.45, 7) is 1.12. The Kier molecular flexibility index (Phi) is 3.76. The lowest BCUT2D eigenvalue weighted by molar-refractivity contribution is 0.298. The largest absolute Gasteiger partial charge is 0.317 e. The Balaban J connectivity index is 1.88. The predicted octanol–water partition coefficient (Wildman–Crippen LogP) is 1.67. The highest BCUT2D eigenvalue weighted by Crippen LogP contribution is 2.28. The third-order valence-electron chi connectivity index (χ3n) is 3.70. The molecule has 2 aromatic rings. The quantitative estimate of drug-likeness (QED) is 0.936. The van der Waals surface area contributed by atoms with Gasteiger partial charge in [-0.2, -0.15) is 4.31 Å². The molecule has 0 atom stereocenters. The Hall–Kier alpha value is -1.02. The number of aromatic nitrogens is 1. The first-order valence-corrected chi connectivity index (χ1v) is 8.90. The molecule has 1 saturated heterocycles. The monoisotopic (exact) mass is 311 g/mol. The van der Waals surface area contributed by atoms with Crippen LogP contribution in [0.2, 0.25) is 0 Å². The summed E-state index contributed by atoms with van der Waals surface area (Å²) < 4.78 is 27.9. The maximum Gasteiger partial charge on any atom is 0.270 e. The molecule has 0 bridgehead atoms. The van der Waals surface area contributed by atoms with Crippen LogP contribution in [0.3, 0.4) is 0 Å². The lowest BCUT2D eigenvalue weighted by Crippen LogP contribution is -2.43. The number of nitrogens with zero attached hydrogens (tertiary/aromatic N) is 2. The molecule has 0 amide bonds. The van der Waals surface area contributed by atoms with Gasteiger partial charge in [-0.25, -0.2) is 13.4 Å². The number of fused-ring (bicyclic) bond motifs is 1. The van der Waals surface area contributed by atoms with E-state index in [0.717, 1.165) is 23.1 Å². The Morgan fingerprint density at radius 3 is 2.65 bits per heavy atom. The first-order chi connectivity index (χ1) is 9.61. The van der Waals surface area contributed by atoms with Crippen molar-refractivity contribution in [3.8, 4) is 0 Å². The van der Waals surface area contributed by atoms with E-state index in [2.05, 4.69) is 10.3 Å². The lowest BCUT2D eigenvalue weighted by atomic mass is 10.1. The summed E-state index contributed by atoms with van der Waals surface area (Å²) >= 11 is 1.25. The molecule has 0 unspecified atom stereocenters.